The number of anilines is 1. The predicted molar refractivity (Wildman–Crippen MR) is 65.1 cm³/mol. The van der Waals surface area contributed by atoms with Gasteiger partial charge in [-0.3, -0.25) is 0 Å². The molecule has 0 aliphatic carbocycles. The lowest BCUT2D eigenvalue weighted by atomic mass is 10.1. The zero-order chi connectivity index (χ0) is 11.6. The van der Waals surface area contributed by atoms with Gasteiger partial charge in [0, 0.05) is 25.8 Å². The van der Waals surface area contributed by atoms with Crippen LogP contribution in [0.5, 0.6) is 0 Å². The van der Waals surface area contributed by atoms with Crippen LogP contribution < -0.4 is 4.90 Å². The normalized spacial score (nSPS) is 18.1. The van der Waals surface area contributed by atoms with E-state index < -0.39 is 5.91 Å². The number of aliphatic hydroxyl groups is 1. The van der Waals surface area contributed by atoms with Crippen molar-refractivity contribution in [3.8, 4) is 0 Å². The first-order valence-corrected chi connectivity index (χ1v) is 5.54. The standard InChI is InChI=1S/C13H17NO2/c1-3-16-13(2,15)14-10-6-8-11-7-4-5-9-12(11)14/h4-9,15H,3,10H2,1-2H3. The van der Waals surface area contributed by atoms with Gasteiger partial charge in [0.25, 0.3) is 0 Å². The fourth-order valence-electron chi connectivity index (χ4n) is 2.00. The molecule has 1 aliphatic rings. The van der Waals surface area contributed by atoms with Gasteiger partial charge in [-0.1, -0.05) is 30.4 Å². The second-order valence-corrected chi connectivity index (χ2v) is 3.94. The summed E-state index contributed by atoms with van der Waals surface area (Å²) in [6.07, 6.45) is 4.09. The molecule has 0 saturated carbocycles. The van der Waals surface area contributed by atoms with Crippen LogP contribution in [-0.4, -0.2) is 24.2 Å². The van der Waals surface area contributed by atoms with Crippen LogP contribution in [0.2, 0.25) is 0 Å². The molecule has 1 aliphatic heterocycles. The number of hydrogen-bond donors (Lipinski definition) is 1. The maximum atomic E-state index is 10.3. The van der Waals surface area contributed by atoms with Crippen molar-refractivity contribution in [2.75, 3.05) is 18.1 Å². The summed E-state index contributed by atoms with van der Waals surface area (Å²) in [6, 6.07) is 7.97. The molecule has 1 atom stereocenters. The monoisotopic (exact) mass is 219 g/mol. The highest BCUT2D eigenvalue weighted by atomic mass is 16.6. The van der Waals surface area contributed by atoms with Crippen molar-refractivity contribution in [3.05, 3.63) is 35.9 Å². The topological polar surface area (TPSA) is 32.7 Å². The average molecular weight is 219 g/mol. The van der Waals surface area contributed by atoms with Gasteiger partial charge in [-0.05, 0) is 18.6 Å². The van der Waals surface area contributed by atoms with Gasteiger partial charge in [-0.25, -0.2) is 0 Å². The van der Waals surface area contributed by atoms with E-state index in [9.17, 15) is 5.11 Å². The fraction of sp³-hybridized carbons (Fsp3) is 0.385. The zero-order valence-electron chi connectivity index (χ0n) is 9.68. The van der Waals surface area contributed by atoms with Gasteiger partial charge < -0.3 is 14.7 Å². The maximum Gasteiger partial charge on any atom is 0.246 e. The summed E-state index contributed by atoms with van der Waals surface area (Å²) < 4.78 is 5.37. The molecule has 0 aromatic heterocycles. The lowest BCUT2D eigenvalue weighted by Crippen LogP contribution is -2.49. The molecule has 1 N–H and O–H groups in total. The lowest BCUT2D eigenvalue weighted by molar-refractivity contribution is -0.185. The van der Waals surface area contributed by atoms with Crippen molar-refractivity contribution in [2.24, 2.45) is 0 Å². The molecule has 0 saturated heterocycles. The van der Waals surface area contributed by atoms with E-state index in [0.29, 0.717) is 13.2 Å². The highest BCUT2D eigenvalue weighted by Gasteiger charge is 2.31. The summed E-state index contributed by atoms with van der Waals surface area (Å²) >= 11 is 0. The van der Waals surface area contributed by atoms with Crippen LogP contribution in [0.3, 0.4) is 0 Å². The third-order valence-electron chi connectivity index (χ3n) is 2.73. The van der Waals surface area contributed by atoms with Crippen LogP contribution in [0.15, 0.2) is 30.3 Å². The number of hydrogen-bond acceptors (Lipinski definition) is 3. The Kier molecular flexibility index (Phi) is 2.99. The Morgan fingerprint density at radius 1 is 1.44 bits per heavy atom. The Hall–Kier alpha value is -1.32. The molecule has 3 nitrogen and oxygen atoms in total. The summed E-state index contributed by atoms with van der Waals surface area (Å²) in [5.41, 5.74) is 2.11. The second-order valence-electron chi connectivity index (χ2n) is 3.94. The molecule has 0 radical (unpaired) electrons. The summed E-state index contributed by atoms with van der Waals surface area (Å²) in [5, 5.41) is 10.3. The zero-order valence-corrected chi connectivity index (χ0v) is 9.68. The van der Waals surface area contributed by atoms with Crippen LogP contribution >= 0.6 is 0 Å². The molecular formula is C13H17NO2. The molecule has 2 rings (SSSR count). The minimum Gasteiger partial charge on any atom is -0.349 e. The van der Waals surface area contributed by atoms with E-state index in [1.807, 2.05) is 42.2 Å². The average Bonchev–Trinajstić information content (AvgIpc) is 2.28. The molecule has 3 heteroatoms. The van der Waals surface area contributed by atoms with Crippen LogP contribution in [0.25, 0.3) is 6.08 Å². The molecule has 1 heterocycles. The Balaban J connectivity index is 2.35. The molecule has 0 amide bonds. The molecule has 16 heavy (non-hydrogen) atoms. The van der Waals surface area contributed by atoms with E-state index in [-0.39, 0.29) is 0 Å². The Labute approximate surface area is 96.0 Å². The highest BCUT2D eigenvalue weighted by molar-refractivity contribution is 5.71. The summed E-state index contributed by atoms with van der Waals surface area (Å²) in [5.74, 6) is -1.25. The van der Waals surface area contributed by atoms with E-state index in [1.54, 1.807) is 6.92 Å². The Bertz CT molecular complexity index is 399. The van der Waals surface area contributed by atoms with Gasteiger partial charge in [-0.15, -0.1) is 0 Å². The number of ether oxygens (including phenoxy) is 1. The molecule has 86 valence electrons. The van der Waals surface area contributed by atoms with Crippen LogP contribution in [0.1, 0.15) is 19.4 Å². The van der Waals surface area contributed by atoms with E-state index in [4.69, 9.17) is 4.74 Å². The first-order valence-electron chi connectivity index (χ1n) is 5.54. The summed E-state index contributed by atoms with van der Waals surface area (Å²) in [6.45, 7) is 4.69. The van der Waals surface area contributed by atoms with Crippen molar-refractivity contribution in [1.29, 1.82) is 0 Å². The van der Waals surface area contributed by atoms with Gasteiger partial charge in [-0.2, -0.15) is 0 Å². The quantitative estimate of drug-likeness (QED) is 0.791. The third kappa shape index (κ3) is 1.96. The highest BCUT2D eigenvalue weighted by Crippen LogP contribution is 2.30. The van der Waals surface area contributed by atoms with E-state index in [1.165, 1.54) is 0 Å². The van der Waals surface area contributed by atoms with Crippen molar-refractivity contribution in [2.45, 2.75) is 19.8 Å². The maximum absolute atomic E-state index is 10.3. The predicted octanol–water partition coefficient (Wildman–Crippen LogP) is 2.22. The SMILES string of the molecule is CCOC(C)(O)N1CC=Cc2ccccc21. The minimum atomic E-state index is -1.25. The Morgan fingerprint density at radius 2 is 2.19 bits per heavy atom. The van der Waals surface area contributed by atoms with Crippen LogP contribution in [0, 0.1) is 0 Å². The van der Waals surface area contributed by atoms with Crippen molar-refractivity contribution in [3.63, 3.8) is 0 Å². The minimum absolute atomic E-state index is 0.482. The fourth-order valence-corrected chi connectivity index (χ4v) is 2.00. The number of rotatable bonds is 3. The molecule has 0 spiro atoms. The number of benzene rings is 1. The number of para-hydroxylation sites is 1. The first-order chi connectivity index (χ1) is 7.65. The van der Waals surface area contributed by atoms with E-state index >= 15 is 0 Å². The molecular weight excluding hydrogens is 202 g/mol. The Morgan fingerprint density at radius 3 is 2.94 bits per heavy atom. The number of nitrogens with zero attached hydrogens (tertiary/aromatic N) is 1. The van der Waals surface area contributed by atoms with Crippen molar-refractivity contribution in [1.82, 2.24) is 0 Å². The van der Waals surface area contributed by atoms with E-state index in [0.717, 1.165) is 11.3 Å². The van der Waals surface area contributed by atoms with Gasteiger partial charge in [0.2, 0.25) is 5.91 Å². The van der Waals surface area contributed by atoms with Gasteiger partial charge in [0.1, 0.15) is 0 Å². The van der Waals surface area contributed by atoms with Crippen LogP contribution in [0.4, 0.5) is 5.69 Å². The second kappa shape index (κ2) is 4.28. The third-order valence-corrected chi connectivity index (χ3v) is 2.73. The van der Waals surface area contributed by atoms with Crippen molar-refractivity contribution >= 4 is 11.8 Å². The smallest absolute Gasteiger partial charge is 0.246 e. The van der Waals surface area contributed by atoms with Gasteiger partial charge >= 0.3 is 0 Å². The molecule has 1 unspecified atom stereocenters. The van der Waals surface area contributed by atoms with E-state index in [2.05, 4.69) is 6.08 Å². The molecule has 0 bridgehead atoms. The first kappa shape index (κ1) is 11.2. The van der Waals surface area contributed by atoms with Crippen molar-refractivity contribution < 1.29 is 9.84 Å². The van der Waals surface area contributed by atoms with Gasteiger partial charge in [0.15, 0.2) is 0 Å². The summed E-state index contributed by atoms with van der Waals surface area (Å²) in [7, 11) is 0. The van der Waals surface area contributed by atoms with Gasteiger partial charge in [0.05, 0.1) is 0 Å². The van der Waals surface area contributed by atoms with Crippen LogP contribution in [-0.2, 0) is 4.74 Å². The summed E-state index contributed by atoms with van der Waals surface area (Å²) in [4.78, 5) is 1.85. The molecule has 1 aromatic rings. The molecule has 0 fully saturated rings. The largest absolute Gasteiger partial charge is 0.349 e. The molecule has 1 aromatic carbocycles. The number of fused-ring (bicyclic) bond motifs is 1. The lowest BCUT2D eigenvalue weighted by Gasteiger charge is -2.39.